The quantitative estimate of drug-likeness (QED) is 0.142. The van der Waals surface area contributed by atoms with E-state index in [1.807, 2.05) is 0 Å². The highest BCUT2D eigenvalue weighted by Crippen LogP contribution is 2.40. The van der Waals surface area contributed by atoms with Crippen LogP contribution in [-0.2, 0) is 40.6 Å². The van der Waals surface area contributed by atoms with Crippen LogP contribution in [0.1, 0.15) is 16.7 Å². The van der Waals surface area contributed by atoms with E-state index in [1.165, 1.54) is 42.5 Å². The van der Waals surface area contributed by atoms with Crippen molar-refractivity contribution in [2.75, 3.05) is 32.7 Å². The van der Waals surface area contributed by atoms with Crippen molar-refractivity contribution < 1.29 is 62.5 Å². The molecule has 0 atom stereocenters. The van der Waals surface area contributed by atoms with Crippen LogP contribution in [0.2, 0.25) is 0 Å². The molecular weight excluding hydrogens is 776 g/mol. The van der Waals surface area contributed by atoms with Gasteiger partial charge in [-0.3, -0.25) is 38.3 Å². The number of carboxylic acids is 4. The average molecular weight is 802 g/mol. The molecule has 6 N–H and O–H groups in total. The van der Waals surface area contributed by atoms with Gasteiger partial charge in [-0.25, -0.2) is 0 Å². The third-order valence-electron chi connectivity index (χ3n) is 6.50. The number of phenols is 1. The molecule has 0 saturated heterocycles. The molecule has 0 bridgehead atoms. The Labute approximate surface area is 283 Å². The second kappa shape index (κ2) is 15.6. The third kappa shape index (κ3) is 10.1. The summed E-state index contributed by atoms with van der Waals surface area (Å²) in [5.74, 6) is -6.40. The smallest absolute Gasteiger partial charge is 0.317 e. The van der Waals surface area contributed by atoms with E-state index in [1.54, 1.807) is 0 Å². The topological polar surface area (TPSA) is 247 Å². The number of benzene rings is 2. The molecule has 0 heterocycles. The standard InChI is InChI=1S/C29H26Br2N2O13S/c30-20-7-15(5-17(28(20)42)9-32(11-23(34)35)12-24(36)37)27(19-3-1-2-4-22(19)47(44,45)46)16-6-18(29(43)21(31)8-16)10-33(13-25(38)39)14-26(40)41/h1-8,42H,9-14H2,(H,34,35)(H,36,37)(H,38,39)(H,40,41)(H,44,45,46)/b27-16-. The molecule has 0 radical (unpaired) electrons. The number of aliphatic carboxylic acids is 4. The van der Waals surface area contributed by atoms with Gasteiger partial charge >= 0.3 is 23.9 Å². The van der Waals surface area contributed by atoms with Gasteiger partial charge in [0.25, 0.3) is 10.1 Å². The van der Waals surface area contributed by atoms with Crippen LogP contribution in [0.15, 0.2) is 73.5 Å². The van der Waals surface area contributed by atoms with E-state index in [0.29, 0.717) is 0 Å². The Balaban J connectivity index is 2.38. The SMILES string of the molecule is O=C(O)CN(CC(=O)O)CC1=C/C(=C(\c2cc(Br)c(O)c(CN(CC(=O)O)CC(=O)O)c2)c2ccccc2S(=O)(=O)O)C=C(Br)C1=O. The molecular formula is C29H26Br2N2O13S. The number of carbonyl (C=O) groups is 5. The molecule has 2 aromatic rings. The van der Waals surface area contributed by atoms with Crippen molar-refractivity contribution >= 4 is 77.2 Å². The van der Waals surface area contributed by atoms with Crippen LogP contribution in [0.5, 0.6) is 5.75 Å². The monoisotopic (exact) mass is 800 g/mol. The molecule has 1 aliphatic carbocycles. The molecule has 0 aromatic heterocycles. The lowest BCUT2D eigenvalue weighted by atomic mass is 9.88. The van der Waals surface area contributed by atoms with Gasteiger partial charge in [0.1, 0.15) is 10.6 Å². The molecule has 0 aliphatic heterocycles. The number of halogens is 2. The van der Waals surface area contributed by atoms with Crippen molar-refractivity contribution in [2.24, 2.45) is 0 Å². The van der Waals surface area contributed by atoms with Gasteiger partial charge in [-0.2, -0.15) is 8.42 Å². The van der Waals surface area contributed by atoms with Crippen molar-refractivity contribution in [1.82, 2.24) is 9.80 Å². The number of carbonyl (C=O) groups excluding carboxylic acids is 1. The van der Waals surface area contributed by atoms with Gasteiger partial charge in [-0.05, 0) is 78.9 Å². The number of aromatic hydroxyl groups is 1. The van der Waals surface area contributed by atoms with Gasteiger partial charge in [0, 0.05) is 29.8 Å². The van der Waals surface area contributed by atoms with Gasteiger partial charge in [-0.1, -0.05) is 18.2 Å². The summed E-state index contributed by atoms with van der Waals surface area (Å²) in [6.45, 7) is -3.71. The largest absolute Gasteiger partial charge is 0.506 e. The molecule has 0 fully saturated rings. The highest BCUT2D eigenvalue weighted by Gasteiger charge is 2.28. The normalized spacial score (nSPS) is 14.5. The van der Waals surface area contributed by atoms with Gasteiger partial charge in [0.2, 0.25) is 0 Å². The van der Waals surface area contributed by atoms with E-state index in [-0.39, 0.29) is 48.1 Å². The molecule has 0 unspecified atom stereocenters. The van der Waals surface area contributed by atoms with E-state index < -0.39 is 83.9 Å². The zero-order valence-electron chi connectivity index (χ0n) is 24.0. The van der Waals surface area contributed by atoms with Crippen LogP contribution in [-0.4, -0.2) is 111 Å². The lowest BCUT2D eigenvalue weighted by Gasteiger charge is -2.24. The summed E-state index contributed by atoms with van der Waals surface area (Å²) in [5, 5.41) is 48.0. The summed E-state index contributed by atoms with van der Waals surface area (Å²) in [6.07, 6.45) is 2.61. The minimum atomic E-state index is -4.88. The molecule has 47 heavy (non-hydrogen) atoms. The van der Waals surface area contributed by atoms with Crippen LogP contribution in [0.3, 0.4) is 0 Å². The van der Waals surface area contributed by atoms with Crippen LogP contribution in [0.25, 0.3) is 5.57 Å². The average Bonchev–Trinajstić information content (AvgIpc) is 2.92. The molecule has 0 amide bonds. The van der Waals surface area contributed by atoms with Crippen LogP contribution >= 0.6 is 31.9 Å². The minimum Gasteiger partial charge on any atom is -0.506 e. The third-order valence-corrected chi connectivity index (χ3v) is 8.60. The number of Topliss-reactive ketones (excluding diaryl/α,β-unsaturated/α-hetero) is 1. The number of allylic oxidation sites excluding steroid dienone is 4. The van der Waals surface area contributed by atoms with Crippen molar-refractivity contribution in [1.29, 1.82) is 0 Å². The van der Waals surface area contributed by atoms with Crippen molar-refractivity contribution in [2.45, 2.75) is 11.4 Å². The maximum Gasteiger partial charge on any atom is 0.317 e. The highest BCUT2D eigenvalue weighted by atomic mass is 79.9. The number of hydrogen-bond acceptors (Lipinski definition) is 10. The Morgan fingerprint density at radius 3 is 1.79 bits per heavy atom. The first-order valence-corrected chi connectivity index (χ1v) is 16.2. The number of nitrogens with zero attached hydrogens (tertiary/aromatic N) is 2. The second-order valence-electron chi connectivity index (χ2n) is 10.1. The number of hydrogen-bond donors (Lipinski definition) is 6. The summed E-state index contributed by atoms with van der Waals surface area (Å²) in [7, 11) is -4.88. The van der Waals surface area contributed by atoms with Crippen molar-refractivity contribution in [3.05, 3.63) is 85.3 Å². The Kier molecular flexibility index (Phi) is 12.4. The number of carboxylic acid groups (broad SMARTS) is 4. The molecule has 0 spiro atoms. The number of phenolic OH excluding ortho intramolecular Hbond substituents is 1. The predicted octanol–water partition coefficient (Wildman–Crippen LogP) is 2.43. The maximum absolute atomic E-state index is 13.1. The Morgan fingerprint density at radius 2 is 1.28 bits per heavy atom. The van der Waals surface area contributed by atoms with E-state index in [0.717, 1.165) is 15.9 Å². The molecule has 3 rings (SSSR count). The Morgan fingerprint density at radius 1 is 0.766 bits per heavy atom. The summed E-state index contributed by atoms with van der Waals surface area (Å²) >= 11 is 6.39. The summed E-state index contributed by atoms with van der Waals surface area (Å²) in [4.78, 5) is 60.2. The van der Waals surface area contributed by atoms with Gasteiger partial charge in [-0.15, -0.1) is 0 Å². The maximum atomic E-state index is 13.1. The first-order valence-electron chi connectivity index (χ1n) is 13.1. The van der Waals surface area contributed by atoms with E-state index in [9.17, 15) is 62.5 Å². The number of rotatable bonds is 15. The van der Waals surface area contributed by atoms with E-state index >= 15 is 0 Å². The number of ketones is 1. The molecule has 2 aromatic carbocycles. The fraction of sp³-hybridized carbons (Fsp3) is 0.207. The fourth-order valence-electron chi connectivity index (χ4n) is 4.79. The second-order valence-corrected chi connectivity index (χ2v) is 13.2. The zero-order valence-corrected chi connectivity index (χ0v) is 27.9. The summed E-state index contributed by atoms with van der Waals surface area (Å²) < 4.78 is 35.1. The van der Waals surface area contributed by atoms with E-state index in [4.69, 9.17) is 0 Å². The highest BCUT2D eigenvalue weighted by molar-refractivity contribution is 9.12. The fourth-order valence-corrected chi connectivity index (χ4v) is 6.49. The van der Waals surface area contributed by atoms with Crippen molar-refractivity contribution in [3.8, 4) is 5.75 Å². The summed E-state index contributed by atoms with van der Waals surface area (Å²) in [6, 6.07) is 7.97. The Hall–Kier alpha value is -4.20. The van der Waals surface area contributed by atoms with Gasteiger partial charge in [0.15, 0.2) is 5.78 Å². The summed E-state index contributed by atoms with van der Waals surface area (Å²) in [5.41, 5.74) is 0.183. The van der Waals surface area contributed by atoms with E-state index in [2.05, 4.69) is 31.9 Å². The van der Waals surface area contributed by atoms with Crippen LogP contribution < -0.4 is 0 Å². The zero-order chi connectivity index (χ0) is 35.2. The Bertz CT molecular complexity index is 1820. The molecule has 1 aliphatic rings. The van der Waals surface area contributed by atoms with Crippen LogP contribution in [0.4, 0.5) is 0 Å². The first-order chi connectivity index (χ1) is 21.9. The van der Waals surface area contributed by atoms with Crippen molar-refractivity contribution in [3.63, 3.8) is 0 Å². The van der Waals surface area contributed by atoms with Crippen LogP contribution in [0, 0.1) is 0 Å². The molecule has 15 nitrogen and oxygen atoms in total. The van der Waals surface area contributed by atoms with Gasteiger partial charge in [0.05, 0.1) is 35.1 Å². The lowest BCUT2D eigenvalue weighted by Crippen LogP contribution is -2.37. The molecule has 250 valence electrons. The minimum absolute atomic E-state index is 0.0209. The first kappa shape index (κ1) is 37.3. The molecule has 0 saturated carbocycles. The lowest BCUT2D eigenvalue weighted by molar-refractivity contribution is -0.143. The predicted molar refractivity (Wildman–Crippen MR) is 170 cm³/mol. The van der Waals surface area contributed by atoms with Gasteiger partial charge < -0.3 is 25.5 Å². The molecule has 18 heteroatoms.